The normalized spacial score (nSPS) is 28.5. The molecule has 0 amide bonds. The Hall–Kier alpha value is -0.830. The van der Waals surface area contributed by atoms with Crippen LogP contribution in [0, 0.1) is 0 Å². The smallest absolute Gasteiger partial charge is 0.0492 e. The molecule has 2 rings (SSSR count). The summed E-state index contributed by atoms with van der Waals surface area (Å²) < 4.78 is 2.05. The van der Waals surface area contributed by atoms with E-state index in [2.05, 4.69) is 18.1 Å². The zero-order chi connectivity index (χ0) is 8.55. The molecule has 1 aromatic heterocycles. The molecule has 12 heavy (non-hydrogen) atoms. The minimum absolute atomic E-state index is 0.368. The Morgan fingerprint density at radius 1 is 1.67 bits per heavy atom. The lowest BCUT2D eigenvalue weighted by Gasteiger charge is -2.33. The quantitative estimate of drug-likeness (QED) is 0.713. The highest BCUT2D eigenvalue weighted by Gasteiger charge is 2.30. The first-order valence-electron chi connectivity index (χ1n) is 4.60. The van der Waals surface area contributed by atoms with Gasteiger partial charge in [0.15, 0.2) is 0 Å². The first-order chi connectivity index (χ1) is 5.83. The number of hydrogen-bond donors (Lipinski definition) is 1. The summed E-state index contributed by atoms with van der Waals surface area (Å²) in [5.41, 5.74) is 7.21. The SMILES string of the molecule is CCn1nccc1C1CCC1N. The van der Waals surface area contributed by atoms with Gasteiger partial charge in [-0.3, -0.25) is 4.68 Å². The van der Waals surface area contributed by atoms with Crippen molar-refractivity contribution in [2.45, 2.75) is 38.3 Å². The fraction of sp³-hybridized carbons (Fsp3) is 0.667. The molecule has 0 aliphatic heterocycles. The third kappa shape index (κ3) is 1.05. The molecule has 66 valence electrons. The van der Waals surface area contributed by atoms with Crippen LogP contribution < -0.4 is 5.73 Å². The summed E-state index contributed by atoms with van der Waals surface area (Å²) in [5, 5.41) is 4.23. The number of aromatic nitrogens is 2. The van der Waals surface area contributed by atoms with Crippen LogP contribution in [0.4, 0.5) is 0 Å². The number of rotatable bonds is 2. The van der Waals surface area contributed by atoms with Crippen LogP contribution in [-0.4, -0.2) is 15.8 Å². The molecule has 3 nitrogen and oxygen atoms in total. The molecule has 1 aliphatic carbocycles. The third-order valence-corrected chi connectivity index (χ3v) is 2.76. The van der Waals surface area contributed by atoms with Crippen molar-refractivity contribution in [3.63, 3.8) is 0 Å². The molecular formula is C9H15N3. The zero-order valence-corrected chi connectivity index (χ0v) is 7.40. The molecule has 1 fully saturated rings. The van der Waals surface area contributed by atoms with Crippen molar-refractivity contribution in [1.82, 2.24) is 9.78 Å². The zero-order valence-electron chi connectivity index (χ0n) is 7.40. The number of nitrogens with two attached hydrogens (primary N) is 1. The predicted molar refractivity (Wildman–Crippen MR) is 47.9 cm³/mol. The lowest BCUT2D eigenvalue weighted by Crippen LogP contribution is -2.38. The van der Waals surface area contributed by atoms with Crippen LogP contribution in [0.15, 0.2) is 12.3 Å². The molecule has 1 saturated carbocycles. The van der Waals surface area contributed by atoms with Crippen molar-refractivity contribution in [3.8, 4) is 0 Å². The molecule has 0 radical (unpaired) electrons. The predicted octanol–water partition coefficient (Wildman–Crippen LogP) is 1.11. The summed E-state index contributed by atoms with van der Waals surface area (Å²) >= 11 is 0. The largest absolute Gasteiger partial charge is 0.327 e. The van der Waals surface area contributed by atoms with E-state index in [0.29, 0.717) is 12.0 Å². The van der Waals surface area contributed by atoms with Crippen LogP contribution in [0.25, 0.3) is 0 Å². The van der Waals surface area contributed by atoms with E-state index in [1.807, 2.05) is 10.9 Å². The van der Waals surface area contributed by atoms with Gasteiger partial charge in [0.25, 0.3) is 0 Å². The van der Waals surface area contributed by atoms with Gasteiger partial charge >= 0.3 is 0 Å². The Balaban J connectivity index is 2.21. The average Bonchev–Trinajstić information content (AvgIpc) is 2.50. The van der Waals surface area contributed by atoms with Gasteiger partial charge in [0, 0.05) is 30.4 Å². The van der Waals surface area contributed by atoms with E-state index >= 15 is 0 Å². The van der Waals surface area contributed by atoms with Crippen molar-refractivity contribution in [2.75, 3.05) is 0 Å². The molecule has 2 atom stereocenters. The van der Waals surface area contributed by atoms with Gasteiger partial charge in [0.2, 0.25) is 0 Å². The molecule has 0 aromatic carbocycles. The van der Waals surface area contributed by atoms with E-state index < -0.39 is 0 Å². The topological polar surface area (TPSA) is 43.8 Å². The minimum Gasteiger partial charge on any atom is -0.327 e. The molecule has 2 N–H and O–H groups in total. The molecule has 1 aromatic rings. The highest BCUT2D eigenvalue weighted by Crippen LogP contribution is 2.34. The van der Waals surface area contributed by atoms with Gasteiger partial charge in [-0.05, 0) is 25.8 Å². The highest BCUT2D eigenvalue weighted by atomic mass is 15.3. The Bertz CT molecular complexity index is 266. The van der Waals surface area contributed by atoms with Gasteiger partial charge in [0.05, 0.1) is 0 Å². The Morgan fingerprint density at radius 2 is 2.50 bits per heavy atom. The van der Waals surface area contributed by atoms with Crippen molar-refractivity contribution in [1.29, 1.82) is 0 Å². The first kappa shape index (κ1) is 7.80. The van der Waals surface area contributed by atoms with Crippen LogP contribution in [0.5, 0.6) is 0 Å². The van der Waals surface area contributed by atoms with Crippen LogP contribution in [0.3, 0.4) is 0 Å². The summed E-state index contributed by atoms with van der Waals surface area (Å²) in [6.45, 7) is 3.06. The number of aryl methyl sites for hydroxylation is 1. The van der Waals surface area contributed by atoms with Gasteiger partial charge < -0.3 is 5.73 Å². The van der Waals surface area contributed by atoms with Crippen LogP contribution in [-0.2, 0) is 6.54 Å². The van der Waals surface area contributed by atoms with E-state index in [9.17, 15) is 0 Å². The summed E-state index contributed by atoms with van der Waals surface area (Å²) in [6.07, 6.45) is 4.26. The molecule has 3 heteroatoms. The Morgan fingerprint density at radius 3 is 3.00 bits per heavy atom. The molecule has 0 bridgehead atoms. The molecule has 1 heterocycles. The molecule has 2 unspecified atom stereocenters. The maximum atomic E-state index is 5.90. The maximum absolute atomic E-state index is 5.90. The molecule has 1 aliphatic rings. The van der Waals surface area contributed by atoms with Crippen LogP contribution in [0.2, 0.25) is 0 Å². The van der Waals surface area contributed by atoms with Gasteiger partial charge in [-0.2, -0.15) is 5.10 Å². The van der Waals surface area contributed by atoms with Crippen LogP contribution >= 0.6 is 0 Å². The minimum atomic E-state index is 0.368. The fourth-order valence-electron chi connectivity index (χ4n) is 1.82. The average molecular weight is 165 g/mol. The maximum Gasteiger partial charge on any atom is 0.0492 e. The number of nitrogens with zero attached hydrogens (tertiary/aromatic N) is 2. The summed E-state index contributed by atoms with van der Waals surface area (Å²) in [5.74, 6) is 0.562. The van der Waals surface area contributed by atoms with Crippen LogP contribution in [0.1, 0.15) is 31.4 Å². The standard InChI is InChI=1S/C9H15N3/c1-2-12-9(5-6-11-12)7-3-4-8(7)10/h5-8H,2-4,10H2,1H3. The molecule has 0 spiro atoms. The number of hydrogen-bond acceptors (Lipinski definition) is 2. The summed E-state index contributed by atoms with van der Waals surface area (Å²) in [7, 11) is 0. The van der Waals surface area contributed by atoms with E-state index in [0.717, 1.165) is 6.54 Å². The third-order valence-electron chi connectivity index (χ3n) is 2.76. The first-order valence-corrected chi connectivity index (χ1v) is 4.60. The Labute approximate surface area is 72.6 Å². The van der Waals surface area contributed by atoms with Gasteiger partial charge in [-0.15, -0.1) is 0 Å². The van der Waals surface area contributed by atoms with E-state index in [4.69, 9.17) is 5.73 Å². The molecular weight excluding hydrogens is 150 g/mol. The second-order valence-electron chi connectivity index (χ2n) is 3.42. The second kappa shape index (κ2) is 2.90. The summed E-state index contributed by atoms with van der Waals surface area (Å²) in [4.78, 5) is 0. The summed E-state index contributed by atoms with van der Waals surface area (Å²) in [6, 6.07) is 2.46. The van der Waals surface area contributed by atoms with Gasteiger partial charge in [-0.1, -0.05) is 0 Å². The van der Waals surface area contributed by atoms with Crippen molar-refractivity contribution >= 4 is 0 Å². The van der Waals surface area contributed by atoms with E-state index in [-0.39, 0.29) is 0 Å². The van der Waals surface area contributed by atoms with Crippen molar-refractivity contribution < 1.29 is 0 Å². The van der Waals surface area contributed by atoms with Crippen molar-refractivity contribution in [2.24, 2.45) is 5.73 Å². The highest BCUT2D eigenvalue weighted by molar-refractivity contribution is 5.14. The molecule has 0 saturated heterocycles. The van der Waals surface area contributed by atoms with E-state index in [1.54, 1.807) is 0 Å². The van der Waals surface area contributed by atoms with E-state index in [1.165, 1.54) is 18.5 Å². The Kier molecular flexibility index (Phi) is 1.89. The monoisotopic (exact) mass is 165 g/mol. The second-order valence-corrected chi connectivity index (χ2v) is 3.42. The van der Waals surface area contributed by atoms with Gasteiger partial charge in [-0.25, -0.2) is 0 Å². The fourth-order valence-corrected chi connectivity index (χ4v) is 1.82. The van der Waals surface area contributed by atoms with Gasteiger partial charge in [0.1, 0.15) is 0 Å². The lowest BCUT2D eigenvalue weighted by molar-refractivity contribution is 0.327. The lowest BCUT2D eigenvalue weighted by atomic mass is 9.78. The van der Waals surface area contributed by atoms with Crippen molar-refractivity contribution in [3.05, 3.63) is 18.0 Å².